The zero-order valence-corrected chi connectivity index (χ0v) is 23.7. The summed E-state index contributed by atoms with van der Waals surface area (Å²) in [5.74, 6) is 3.48. The molecule has 5 aliphatic rings. The molecule has 7 rings (SSSR count). The van der Waals surface area contributed by atoms with Gasteiger partial charge in [0.2, 0.25) is 6.29 Å². The van der Waals surface area contributed by atoms with Gasteiger partial charge in [-0.1, -0.05) is 35.9 Å². The number of carbonyl (C=O) groups excluding carboxylic acids is 1. The number of benzene rings is 2. The number of aliphatic hydroxyl groups is 4. The number of carbonyl (C=O) groups is 1. The standard InChI is InChI=1S/C32H37ClO8/c1-39-31(26-21-8-18-7-19(10-21)11-22(26)9-18)23-12-20(6-16-2-4-17(14-34)5-3-16)13-24(27(23)33)40-32-30(38)29(37)28(36)25(15-35)41-32/h2-5,12-14,18-19,21-22,25,28-30,32,35-38H,6-11,15H2,1H3. The van der Waals surface area contributed by atoms with Gasteiger partial charge < -0.3 is 34.6 Å². The Labute approximate surface area is 244 Å². The van der Waals surface area contributed by atoms with Crippen molar-refractivity contribution in [3.63, 3.8) is 0 Å². The number of hydrogen-bond acceptors (Lipinski definition) is 8. The second-order valence-corrected chi connectivity index (χ2v) is 12.5. The van der Waals surface area contributed by atoms with Crippen LogP contribution in [0.4, 0.5) is 0 Å². The monoisotopic (exact) mass is 584 g/mol. The van der Waals surface area contributed by atoms with Gasteiger partial charge in [0.1, 0.15) is 42.2 Å². The maximum atomic E-state index is 11.1. The Morgan fingerprint density at radius 1 is 0.951 bits per heavy atom. The van der Waals surface area contributed by atoms with Gasteiger partial charge in [0.25, 0.3) is 0 Å². The summed E-state index contributed by atoms with van der Waals surface area (Å²) in [5.41, 5.74) is 4.45. The molecule has 8 nitrogen and oxygen atoms in total. The molecule has 9 heteroatoms. The van der Waals surface area contributed by atoms with Crippen molar-refractivity contribution < 1.29 is 39.4 Å². The molecule has 5 unspecified atom stereocenters. The van der Waals surface area contributed by atoms with Gasteiger partial charge in [0, 0.05) is 11.1 Å². The molecule has 0 radical (unpaired) electrons. The van der Waals surface area contributed by atoms with Gasteiger partial charge in [-0.2, -0.15) is 0 Å². The lowest BCUT2D eigenvalue weighted by Crippen LogP contribution is -2.60. The van der Waals surface area contributed by atoms with Crippen LogP contribution < -0.4 is 4.74 Å². The lowest BCUT2D eigenvalue weighted by atomic mass is 9.54. The van der Waals surface area contributed by atoms with Crippen molar-refractivity contribution >= 4 is 23.6 Å². The number of aliphatic hydroxyl groups excluding tert-OH is 4. The highest BCUT2D eigenvalue weighted by Crippen LogP contribution is 2.58. The zero-order valence-electron chi connectivity index (χ0n) is 23.0. The second-order valence-electron chi connectivity index (χ2n) is 12.1. The SMILES string of the molecule is COC(=C1C2CC3CC(C2)CC1C3)c1cc(Cc2ccc(C=O)cc2)cc(OC2OC(CO)C(O)C(O)C2O)c1Cl. The Morgan fingerprint density at radius 2 is 1.61 bits per heavy atom. The lowest BCUT2D eigenvalue weighted by Gasteiger charge is -2.51. The van der Waals surface area contributed by atoms with E-state index >= 15 is 0 Å². The Kier molecular flexibility index (Phi) is 8.15. The average molecular weight is 585 g/mol. The third kappa shape index (κ3) is 5.42. The first kappa shape index (κ1) is 28.6. The quantitative estimate of drug-likeness (QED) is 0.273. The molecule has 4 N–H and O–H groups in total. The first-order chi connectivity index (χ1) is 19.8. The summed E-state index contributed by atoms with van der Waals surface area (Å²) >= 11 is 7.04. The average Bonchev–Trinajstić information content (AvgIpc) is 2.97. The van der Waals surface area contributed by atoms with Crippen LogP contribution in [0.5, 0.6) is 5.75 Å². The summed E-state index contributed by atoms with van der Waals surface area (Å²) in [6.07, 6.45) is 0.197. The molecule has 5 atom stereocenters. The molecule has 41 heavy (non-hydrogen) atoms. The Hall–Kier alpha value is -2.46. The summed E-state index contributed by atoms with van der Waals surface area (Å²) < 4.78 is 17.8. The van der Waals surface area contributed by atoms with Crippen molar-refractivity contribution in [3.8, 4) is 5.75 Å². The fourth-order valence-corrected chi connectivity index (χ4v) is 7.93. The molecular formula is C32H37ClO8. The first-order valence-corrected chi connectivity index (χ1v) is 14.8. The number of methoxy groups -OCH3 is 1. The van der Waals surface area contributed by atoms with Gasteiger partial charge in [0.05, 0.1) is 18.7 Å². The molecule has 0 amide bonds. The summed E-state index contributed by atoms with van der Waals surface area (Å²) in [7, 11) is 1.67. The van der Waals surface area contributed by atoms with E-state index in [1.807, 2.05) is 18.2 Å². The predicted octanol–water partition coefficient (Wildman–Crippen LogP) is 3.74. The predicted molar refractivity (Wildman–Crippen MR) is 151 cm³/mol. The Morgan fingerprint density at radius 3 is 2.20 bits per heavy atom. The minimum Gasteiger partial charge on any atom is -0.496 e. The number of ether oxygens (including phenoxy) is 3. The molecular weight excluding hydrogens is 548 g/mol. The summed E-state index contributed by atoms with van der Waals surface area (Å²) in [6, 6.07) is 11.1. The fourth-order valence-electron chi connectivity index (χ4n) is 7.69. The Balaban J connectivity index is 1.41. The molecule has 220 valence electrons. The normalized spacial score (nSPS) is 34.0. The van der Waals surface area contributed by atoms with Crippen molar-refractivity contribution in [2.75, 3.05) is 13.7 Å². The van der Waals surface area contributed by atoms with Crippen LogP contribution in [0.3, 0.4) is 0 Å². The number of halogens is 1. The van der Waals surface area contributed by atoms with Crippen LogP contribution in [0.1, 0.15) is 59.2 Å². The summed E-state index contributed by atoms with van der Waals surface area (Å²) in [4.78, 5) is 11.1. The largest absolute Gasteiger partial charge is 0.496 e. The molecule has 2 aromatic rings. The van der Waals surface area contributed by atoms with Gasteiger partial charge in [-0.05, 0) is 91.0 Å². The minimum absolute atomic E-state index is 0.229. The van der Waals surface area contributed by atoms with Crippen molar-refractivity contribution in [1.82, 2.24) is 0 Å². The second kappa shape index (κ2) is 11.7. The smallest absolute Gasteiger partial charge is 0.229 e. The molecule has 2 aromatic carbocycles. The van der Waals surface area contributed by atoms with E-state index in [1.165, 1.54) is 37.7 Å². The maximum absolute atomic E-state index is 11.1. The molecule has 1 heterocycles. The van der Waals surface area contributed by atoms with Crippen LogP contribution in [0, 0.1) is 23.7 Å². The summed E-state index contributed by atoms with van der Waals surface area (Å²) in [5, 5.41) is 41.1. The van der Waals surface area contributed by atoms with Crippen LogP contribution in [0.2, 0.25) is 5.02 Å². The number of allylic oxidation sites excluding steroid dienone is 1. The third-order valence-corrected chi connectivity index (χ3v) is 9.83. The van der Waals surface area contributed by atoms with Gasteiger partial charge in [-0.3, -0.25) is 4.79 Å². The van der Waals surface area contributed by atoms with E-state index in [0.29, 0.717) is 34.4 Å². The first-order valence-electron chi connectivity index (χ1n) is 14.4. The van der Waals surface area contributed by atoms with Crippen LogP contribution in [-0.4, -0.2) is 71.1 Å². The molecule has 0 aromatic heterocycles. The molecule has 4 saturated carbocycles. The number of aldehydes is 1. The van der Waals surface area contributed by atoms with Crippen LogP contribution >= 0.6 is 11.6 Å². The molecule has 5 fully saturated rings. The van der Waals surface area contributed by atoms with E-state index in [1.54, 1.807) is 25.3 Å². The van der Waals surface area contributed by atoms with E-state index in [0.717, 1.165) is 35.0 Å². The van der Waals surface area contributed by atoms with Crippen LogP contribution in [0.25, 0.3) is 5.76 Å². The maximum Gasteiger partial charge on any atom is 0.229 e. The molecule has 4 bridgehead atoms. The fraction of sp³-hybridized carbons (Fsp3) is 0.531. The van der Waals surface area contributed by atoms with Gasteiger partial charge in [-0.15, -0.1) is 0 Å². The lowest BCUT2D eigenvalue weighted by molar-refractivity contribution is -0.277. The van der Waals surface area contributed by atoms with E-state index in [4.69, 9.17) is 25.8 Å². The van der Waals surface area contributed by atoms with E-state index in [2.05, 4.69) is 0 Å². The minimum atomic E-state index is -1.58. The van der Waals surface area contributed by atoms with Gasteiger partial charge in [0.15, 0.2) is 0 Å². The van der Waals surface area contributed by atoms with Crippen LogP contribution in [0.15, 0.2) is 42.0 Å². The van der Waals surface area contributed by atoms with E-state index in [-0.39, 0.29) is 5.75 Å². The topological polar surface area (TPSA) is 126 Å². The highest BCUT2D eigenvalue weighted by Gasteiger charge is 2.47. The highest BCUT2D eigenvalue weighted by atomic mass is 35.5. The number of hydrogen-bond donors (Lipinski definition) is 4. The zero-order chi connectivity index (χ0) is 28.8. The van der Waals surface area contributed by atoms with E-state index < -0.39 is 37.3 Å². The van der Waals surface area contributed by atoms with Crippen molar-refractivity contribution in [1.29, 1.82) is 0 Å². The Bertz CT molecular complexity index is 1280. The number of rotatable bonds is 8. The molecule has 1 saturated heterocycles. The summed E-state index contributed by atoms with van der Waals surface area (Å²) in [6.45, 7) is -0.564. The van der Waals surface area contributed by atoms with Crippen molar-refractivity contribution in [3.05, 3.63) is 69.2 Å². The molecule has 1 aliphatic heterocycles. The highest BCUT2D eigenvalue weighted by molar-refractivity contribution is 6.33. The van der Waals surface area contributed by atoms with Crippen molar-refractivity contribution in [2.45, 2.75) is 69.2 Å². The van der Waals surface area contributed by atoms with Crippen molar-refractivity contribution in [2.24, 2.45) is 23.7 Å². The van der Waals surface area contributed by atoms with Gasteiger partial charge in [-0.25, -0.2) is 0 Å². The van der Waals surface area contributed by atoms with E-state index in [9.17, 15) is 25.2 Å². The van der Waals surface area contributed by atoms with Crippen LogP contribution in [-0.2, 0) is 15.9 Å². The van der Waals surface area contributed by atoms with Gasteiger partial charge >= 0.3 is 0 Å². The molecule has 4 aliphatic carbocycles. The molecule has 0 spiro atoms. The third-order valence-electron chi connectivity index (χ3n) is 9.44.